The van der Waals surface area contributed by atoms with Crippen molar-refractivity contribution in [1.29, 1.82) is 0 Å². The van der Waals surface area contributed by atoms with Gasteiger partial charge in [0.2, 0.25) is 0 Å². The van der Waals surface area contributed by atoms with Gasteiger partial charge in [-0.25, -0.2) is 0 Å². The van der Waals surface area contributed by atoms with E-state index in [-0.39, 0.29) is 11.6 Å². The highest BCUT2D eigenvalue weighted by Crippen LogP contribution is 2.20. The summed E-state index contributed by atoms with van der Waals surface area (Å²) in [5.74, 6) is 0.212. The first kappa shape index (κ1) is 25.3. The van der Waals surface area contributed by atoms with Crippen LogP contribution in [0.3, 0.4) is 0 Å². The van der Waals surface area contributed by atoms with E-state index in [9.17, 15) is 9.59 Å². The minimum absolute atomic E-state index is 0.106. The van der Waals surface area contributed by atoms with Crippen molar-refractivity contribution in [3.05, 3.63) is 120 Å². The van der Waals surface area contributed by atoms with Crippen molar-refractivity contribution in [2.45, 2.75) is 13.8 Å². The van der Waals surface area contributed by atoms with Crippen LogP contribution in [0.2, 0.25) is 0 Å². The Labute approximate surface area is 197 Å². The number of hydrogen-bond donors (Lipinski definition) is 0. The maximum atomic E-state index is 11.1. The Morgan fingerprint density at radius 1 is 0.455 bits per heavy atom. The number of hydrogen-bond acceptors (Lipinski definition) is 4. The van der Waals surface area contributed by atoms with Crippen molar-refractivity contribution < 1.29 is 18.0 Å². The van der Waals surface area contributed by atoms with E-state index < -0.39 is 11.6 Å². The van der Waals surface area contributed by atoms with E-state index in [2.05, 4.69) is 24.3 Å². The molecule has 0 heterocycles. The Morgan fingerprint density at radius 3 is 0.939 bits per heavy atom. The van der Waals surface area contributed by atoms with Gasteiger partial charge in [-0.1, -0.05) is 109 Å². The number of rotatable bonds is 4. The molecule has 0 aliphatic rings. The van der Waals surface area contributed by atoms with Crippen molar-refractivity contribution in [2.24, 2.45) is 0 Å². The largest absolute Gasteiger partial charge is 0.335 e. The Kier molecular flexibility index (Phi) is 10.3. The second-order valence-corrected chi connectivity index (χ2v) is 7.20. The third kappa shape index (κ3) is 8.24. The molecule has 0 aliphatic carbocycles. The predicted molar refractivity (Wildman–Crippen MR) is 133 cm³/mol. The normalized spacial score (nSPS) is 9.39. The third-order valence-corrected chi connectivity index (χ3v) is 4.80. The Balaban J connectivity index is 0.000000209. The van der Waals surface area contributed by atoms with Crippen LogP contribution in [0.1, 0.15) is 34.6 Å². The van der Waals surface area contributed by atoms with E-state index in [1.807, 2.05) is 84.9 Å². The zero-order valence-electron chi connectivity index (χ0n) is 18.4. The summed E-state index contributed by atoms with van der Waals surface area (Å²) in [5, 5.41) is 0. The highest BCUT2D eigenvalue weighted by Gasteiger charge is 2.01. The van der Waals surface area contributed by atoms with E-state index in [4.69, 9.17) is 8.42 Å². The number of carbonyl (C=O) groups excluding carboxylic acids is 2. The molecule has 0 amide bonds. The maximum absolute atomic E-state index is 11.1. The molecule has 33 heavy (non-hydrogen) atoms. The molecule has 0 saturated carbocycles. The average Bonchev–Trinajstić information content (AvgIpc) is 2.86. The molecule has 0 N–H and O–H groups in total. The third-order valence-electron chi connectivity index (χ3n) is 4.80. The first-order valence-corrected chi connectivity index (χ1v) is 10.9. The van der Waals surface area contributed by atoms with Crippen LogP contribution >= 0.6 is 0 Å². The van der Waals surface area contributed by atoms with E-state index in [0.29, 0.717) is 0 Å². The van der Waals surface area contributed by atoms with Crippen molar-refractivity contribution in [1.82, 2.24) is 0 Å². The van der Waals surface area contributed by atoms with Gasteiger partial charge < -0.3 is 0 Å². The van der Waals surface area contributed by atoms with Crippen LogP contribution in [0.4, 0.5) is 0 Å². The lowest BCUT2D eigenvalue weighted by molar-refractivity contribution is 0.100. The molecule has 0 saturated heterocycles. The molecular weight excluding hydrogens is 432 g/mol. The monoisotopic (exact) mass is 456 g/mol. The predicted octanol–water partition coefficient (Wildman–Crippen LogP) is 6.44. The molecular formula is C28H24O4S. The summed E-state index contributed by atoms with van der Waals surface area (Å²) in [6.45, 7) is 3.16. The van der Waals surface area contributed by atoms with Gasteiger partial charge in [0, 0.05) is 11.1 Å². The fourth-order valence-electron chi connectivity index (χ4n) is 3.06. The second kappa shape index (κ2) is 13.5. The van der Waals surface area contributed by atoms with Crippen LogP contribution in [0.5, 0.6) is 0 Å². The highest BCUT2D eigenvalue weighted by atomic mass is 32.1. The van der Waals surface area contributed by atoms with E-state index in [1.54, 1.807) is 13.8 Å². The van der Waals surface area contributed by atoms with Gasteiger partial charge in [-0.2, -0.15) is 8.42 Å². The molecule has 166 valence electrons. The Bertz CT molecular complexity index is 1100. The first-order chi connectivity index (χ1) is 16.0. The van der Waals surface area contributed by atoms with Crippen LogP contribution in [-0.2, 0) is 11.6 Å². The summed E-state index contributed by atoms with van der Waals surface area (Å²) >= 11 is -0.750. The van der Waals surface area contributed by atoms with Gasteiger partial charge in [0.1, 0.15) is 0 Å². The number of benzene rings is 4. The van der Waals surface area contributed by atoms with Gasteiger partial charge in [-0.15, -0.1) is 0 Å². The standard InChI is InChI=1S/2C14H12O.O2S/c2*1-11(15)12-7-9-14(10-8-12)13-5-3-2-4-6-13;1-3-2/h2*2-10H,1H3;. The summed E-state index contributed by atoms with van der Waals surface area (Å²) in [6.07, 6.45) is 0. The van der Waals surface area contributed by atoms with Gasteiger partial charge in [0.05, 0.1) is 0 Å². The Morgan fingerprint density at radius 2 is 0.697 bits per heavy atom. The minimum Gasteiger partial charge on any atom is -0.295 e. The first-order valence-electron chi connectivity index (χ1n) is 10.2. The lowest BCUT2D eigenvalue weighted by Gasteiger charge is -2.01. The maximum Gasteiger partial charge on any atom is 0.335 e. The van der Waals surface area contributed by atoms with Gasteiger partial charge in [-0.05, 0) is 36.1 Å². The van der Waals surface area contributed by atoms with Crippen LogP contribution in [0.25, 0.3) is 22.3 Å². The smallest absolute Gasteiger partial charge is 0.295 e. The summed E-state index contributed by atoms with van der Waals surface area (Å²) in [4.78, 5) is 22.2. The van der Waals surface area contributed by atoms with Crippen molar-refractivity contribution in [2.75, 3.05) is 0 Å². The number of carbonyl (C=O) groups is 2. The van der Waals surface area contributed by atoms with Crippen LogP contribution in [0, 0.1) is 0 Å². The topological polar surface area (TPSA) is 68.3 Å². The molecule has 4 nitrogen and oxygen atoms in total. The average molecular weight is 457 g/mol. The molecule has 0 fully saturated rings. The lowest BCUT2D eigenvalue weighted by Crippen LogP contribution is -1.90. The van der Waals surface area contributed by atoms with Crippen LogP contribution in [0.15, 0.2) is 109 Å². The second-order valence-electron chi connectivity index (χ2n) is 7.07. The van der Waals surface area contributed by atoms with Crippen LogP contribution < -0.4 is 0 Å². The summed E-state index contributed by atoms with van der Waals surface area (Å²) in [7, 11) is 0. The molecule has 0 bridgehead atoms. The quantitative estimate of drug-likeness (QED) is 0.331. The minimum atomic E-state index is -0.750. The van der Waals surface area contributed by atoms with Crippen LogP contribution in [-0.4, -0.2) is 20.0 Å². The van der Waals surface area contributed by atoms with Gasteiger partial charge in [0.25, 0.3) is 0 Å². The van der Waals surface area contributed by atoms with Gasteiger partial charge in [-0.3, -0.25) is 9.59 Å². The zero-order chi connectivity index (χ0) is 24.1. The molecule has 4 rings (SSSR count). The van der Waals surface area contributed by atoms with Gasteiger partial charge in [0.15, 0.2) is 11.6 Å². The lowest BCUT2D eigenvalue weighted by atomic mass is 10.0. The van der Waals surface area contributed by atoms with E-state index >= 15 is 0 Å². The summed E-state index contributed by atoms with van der Waals surface area (Å²) in [5.41, 5.74) is 6.14. The fourth-order valence-corrected chi connectivity index (χ4v) is 3.06. The summed E-state index contributed by atoms with van der Waals surface area (Å²) in [6, 6.07) is 35.6. The number of Topliss-reactive ketones (excluding diaryl/α,β-unsaturated/α-hetero) is 2. The van der Waals surface area contributed by atoms with Gasteiger partial charge >= 0.3 is 11.6 Å². The molecule has 0 unspecified atom stereocenters. The molecule has 0 aromatic heterocycles. The molecule has 0 aliphatic heterocycles. The summed E-state index contributed by atoms with van der Waals surface area (Å²) < 4.78 is 16.6. The molecule has 4 aromatic carbocycles. The van der Waals surface area contributed by atoms with Crippen molar-refractivity contribution in [3.63, 3.8) is 0 Å². The molecule has 4 aromatic rings. The molecule has 0 spiro atoms. The zero-order valence-corrected chi connectivity index (χ0v) is 19.3. The Hall–Kier alpha value is -3.96. The van der Waals surface area contributed by atoms with E-state index in [0.717, 1.165) is 22.3 Å². The van der Waals surface area contributed by atoms with E-state index in [1.165, 1.54) is 11.1 Å². The molecule has 0 atom stereocenters. The highest BCUT2D eigenvalue weighted by molar-refractivity contribution is 7.51. The van der Waals surface area contributed by atoms with Crippen molar-refractivity contribution in [3.8, 4) is 22.3 Å². The molecule has 5 heteroatoms. The SMILES string of the molecule is CC(=O)c1ccc(-c2ccccc2)cc1.CC(=O)c1ccc(-c2ccccc2)cc1.O=S=O. The number of ketones is 2. The molecule has 0 radical (unpaired) electrons. The van der Waals surface area contributed by atoms with Crippen molar-refractivity contribution >= 4 is 23.1 Å². The fraction of sp³-hybridized carbons (Fsp3) is 0.0714.